The highest BCUT2D eigenvalue weighted by molar-refractivity contribution is 4.95. The highest BCUT2D eigenvalue weighted by atomic mass is 16.3. The van der Waals surface area contributed by atoms with Gasteiger partial charge in [-0.25, -0.2) is 0 Å². The minimum atomic E-state index is -0.165. The molecule has 2 bridgehead atoms. The largest absolute Gasteiger partial charge is 0.392 e. The van der Waals surface area contributed by atoms with Crippen molar-refractivity contribution in [2.75, 3.05) is 13.6 Å². The van der Waals surface area contributed by atoms with Crippen LogP contribution in [-0.4, -0.2) is 47.8 Å². The van der Waals surface area contributed by atoms with Crippen LogP contribution in [0.25, 0.3) is 0 Å². The first-order chi connectivity index (χ1) is 7.20. The zero-order chi connectivity index (χ0) is 10.8. The Morgan fingerprint density at radius 2 is 1.93 bits per heavy atom. The Morgan fingerprint density at radius 3 is 2.47 bits per heavy atom. The third-order valence-electron chi connectivity index (χ3n) is 4.21. The molecule has 3 heteroatoms. The number of hydrogen-bond donors (Lipinski definition) is 2. The summed E-state index contributed by atoms with van der Waals surface area (Å²) in [5.74, 6) is 0. The molecule has 0 radical (unpaired) electrons. The number of piperidine rings is 1. The Labute approximate surface area is 92.8 Å². The molecule has 88 valence electrons. The Balaban J connectivity index is 1.77. The van der Waals surface area contributed by atoms with Crippen LogP contribution in [0.2, 0.25) is 0 Å². The molecule has 2 N–H and O–H groups in total. The van der Waals surface area contributed by atoms with Crippen molar-refractivity contribution in [2.24, 2.45) is 0 Å². The predicted octanol–water partition coefficient (Wildman–Crippen LogP) is 0.972. The lowest BCUT2D eigenvalue weighted by atomic mass is 9.98. The lowest BCUT2D eigenvalue weighted by Gasteiger charge is -2.37. The zero-order valence-electron chi connectivity index (χ0n) is 9.95. The van der Waals surface area contributed by atoms with Crippen LogP contribution >= 0.6 is 0 Å². The predicted molar refractivity (Wildman–Crippen MR) is 61.9 cm³/mol. The monoisotopic (exact) mass is 212 g/mol. The van der Waals surface area contributed by atoms with E-state index in [4.69, 9.17) is 0 Å². The number of nitrogens with one attached hydrogen (secondary N) is 1. The second-order valence-electron chi connectivity index (χ2n) is 5.19. The van der Waals surface area contributed by atoms with Crippen molar-refractivity contribution in [1.29, 1.82) is 0 Å². The first-order valence-corrected chi connectivity index (χ1v) is 6.34. The van der Waals surface area contributed by atoms with Gasteiger partial charge in [-0.1, -0.05) is 6.92 Å². The zero-order valence-corrected chi connectivity index (χ0v) is 9.95. The second kappa shape index (κ2) is 4.81. The Morgan fingerprint density at radius 1 is 1.33 bits per heavy atom. The molecule has 3 atom stereocenters. The van der Waals surface area contributed by atoms with E-state index in [2.05, 4.69) is 17.3 Å². The van der Waals surface area contributed by atoms with E-state index >= 15 is 0 Å². The first kappa shape index (κ1) is 11.4. The van der Waals surface area contributed by atoms with Crippen molar-refractivity contribution < 1.29 is 5.11 Å². The summed E-state index contributed by atoms with van der Waals surface area (Å²) in [5.41, 5.74) is 0. The average Bonchev–Trinajstić information content (AvgIpc) is 2.50. The summed E-state index contributed by atoms with van der Waals surface area (Å²) in [4.78, 5) is 2.55. The molecule has 3 unspecified atom stereocenters. The molecule has 2 heterocycles. The van der Waals surface area contributed by atoms with Gasteiger partial charge in [0.2, 0.25) is 0 Å². The number of aliphatic hydroxyl groups excluding tert-OH is 1. The summed E-state index contributed by atoms with van der Waals surface area (Å²) in [5, 5.41) is 13.0. The maximum Gasteiger partial charge on any atom is 0.0662 e. The summed E-state index contributed by atoms with van der Waals surface area (Å²) < 4.78 is 0. The van der Waals surface area contributed by atoms with Gasteiger partial charge in [0.25, 0.3) is 0 Å². The molecule has 15 heavy (non-hydrogen) atoms. The Bertz CT molecular complexity index is 196. The highest BCUT2D eigenvalue weighted by Crippen LogP contribution is 2.34. The van der Waals surface area contributed by atoms with Crippen molar-refractivity contribution >= 4 is 0 Å². The summed E-state index contributed by atoms with van der Waals surface area (Å²) in [6.45, 7) is 2.80. The van der Waals surface area contributed by atoms with E-state index in [1.807, 2.05) is 6.92 Å². The molecular weight excluding hydrogens is 188 g/mol. The van der Waals surface area contributed by atoms with Crippen molar-refractivity contribution in [1.82, 2.24) is 10.2 Å². The molecule has 0 aromatic heterocycles. The molecule has 2 aliphatic rings. The fourth-order valence-corrected chi connectivity index (χ4v) is 3.03. The smallest absolute Gasteiger partial charge is 0.0662 e. The second-order valence-corrected chi connectivity index (χ2v) is 5.19. The van der Waals surface area contributed by atoms with Crippen molar-refractivity contribution in [3.63, 3.8) is 0 Å². The molecular formula is C12H24N2O. The van der Waals surface area contributed by atoms with Crippen LogP contribution in [0.5, 0.6) is 0 Å². The van der Waals surface area contributed by atoms with Crippen LogP contribution < -0.4 is 5.32 Å². The maximum absolute atomic E-state index is 9.52. The lowest BCUT2D eigenvalue weighted by Crippen LogP contribution is -2.48. The van der Waals surface area contributed by atoms with Gasteiger partial charge in [0.05, 0.1) is 6.10 Å². The normalized spacial score (nSPS) is 38.2. The van der Waals surface area contributed by atoms with Crippen LogP contribution in [0, 0.1) is 0 Å². The van der Waals surface area contributed by atoms with Gasteiger partial charge in [0.1, 0.15) is 0 Å². The van der Waals surface area contributed by atoms with Gasteiger partial charge in [0.15, 0.2) is 0 Å². The number of fused-ring (bicyclic) bond motifs is 2. The van der Waals surface area contributed by atoms with E-state index in [1.165, 1.54) is 25.7 Å². The molecule has 0 spiro atoms. The fraction of sp³-hybridized carbons (Fsp3) is 1.00. The van der Waals surface area contributed by atoms with Crippen LogP contribution in [0.1, 0.15) is 39.0 Å². The lowest BCUT2D eigenvalue weighted by molar-refractivity contribution is 0.125. The molecule has 2 aliphatic heterocycles. The Kier molecular flexibility index (Phi) is 3.65. The highest BCUT2D eigenvalue weighted by Gasteiger charge is 2.38. The number of rotatable bonds is 4. The quantitative estimate of drug-likeness (QED) is 0.729. The number of hydrogen-bond acceptors (Lipinski definition) is 3. The standard InChI is InChI=1S/C12H24N2O/c1-3-12(15)8-13-9-6-10-4-5-11(7-9)14(10)2/h9-13,15H,3-8H2,1-2H3. The third-order valence-corrected chi connectivity index (χ3v) is 4.21. The van der Waals surface area contributed by atoms with Crippen LogP contribution in [0.4, 0.5) is 0 Å². The van der Waals surface area contributed by atoms with Crippen LogP contribution in [-0.2, 0) is 0 Å². The molecule has 0 aliphatic carbocycles. The molecule has 0 saturated carbocycles. The van der Waals surface area contributed by atoms with E-state index in [-0.39, 0.29) is 6.10 Å². The van der Waals surface area contributed by atoms with Crippen LogP contribution in [0.3, 0.4) is 0 Å². The molecule has 3 nitrogen and oxygen atoms in total. The van der Waals surface area contributed by atoms with Gasteiger partial charge in [-0.3, -0.25) is 0 Å². The number of aliphatic hydroxyl groups is 1. The SMILES string of the molecule is CCC(O)CNC1CC2CCC(C1)N2C. The molecule has 0 aromatic carbocycles. The molecule has 2 saturated heterocycles. The van der Waals surface area contributed by atoms with E-state index in [9.17, 15) is 5.11 Å². The van der Waals surface area contributed by atoms with E-state index < -0.39 is 0 Å². The van der Waals surface area contributed by atoms with Gasteiger partial charge in [-0.2, -0.15) is 0 Å². The molecule has 0 aromatic rings. The maximum atomic E-state index is 9.52. The first-order valence-electron chi connectivity index (χ1n) is 6.34. The molecule has 2 fully saturated rings. The Hall–Kier alpha value is -0.120. The van der Waals surface area contributed by atoms with Crippen molar-refractivity contribution in [2.45, 2.75) is 63.3 Å². The summed E-state index contributed by atoms with van der Waals surface area (Å²) in [6, 6.07) is 2.22. The van der Waals surface area contributed by atoms with Crippen molar-refractivity contribution in [3.05, 3.63) is 0 Å². The third kappa shape index (κ3) is 2.52. The van der Waals surface area contributed by atoms with Gasteiger partial charge >= 0.3 is 0 Å². The summed E-state index contributed by atoms with van der Waals surface area (Å²) in [6.07, 6.45) is 5.97. The average molecular weight is 212 g/mol. The minimum Gasteiger partial charge on any atom is -0.392 e. The van der Waals surface area contributed by atoms with Crippen molar-refractivity contribution in [3.8, 4) is 0 Å². The van der Waals surface area contributed by atoms with Gasteiger partial charge in [-0.15, -0.1) is 0 Å². The van der Waals surface area contributed by atoms with E-state index in [1.54, 1.807) is 0 Å². The molecule has 2 rings (SSSR count). The van der Waals surface area contributed by atoms with Gasteiger partial charge < -0.3 is 15.3 Å². The summed E-state index contributed by atoms with van der Waals surface area (Å²) in [7, 11) is 2.26. The van der Waals surface area contributed by atoms with Gasteiger partial charge in [-0.05, 0) is 39.2 Å². The van der Waals surface area contributed by atoms with E-state index in [0.717, 1.165) is 25.0 Å². The summed E-state index contributed by atoms with van der Waals surface area (Å²) >= 11 is 0. The number of nitrogens with zero attached hydrogens (tertiary/aromatic N) is 1. The van der Waals surface area contributed by atoms with E-state index in [0.29, 0.717) is 6.04 Å². The van der Waals surface area contributed by atoms with Gasteiger partial charge in [0, 0.05) is 24.7 Å². The minimum absolute atomic E-state index is 0.165. The fourth-order valence-electron chi connectivity index (χ4n) is 3.03. The molecule has 0 amide bonds. The topological polar surface area (TPSA) is 35.5 Å². The van der Waals surface area contributed by atoms with Crippen LogP contribution in [0.15, 0.2) is 0 Å².